The zero-order valence-corrected chi connectivity index (χ0v) is 18.2. The Morgan fingerprint density at radius 2 is 1.90 bits per heavy atom. The number of nitrogens with one attached hydrogen (secondary N) is 1. The van der Waals surface area contributed by atoms with Gasteiger partial charge in [0.25, 0.3) is 5.91 Å². The van der Waals surface area contributed by atoms with E-state index in [4.69, 9.17) is 21.3 Å². The summed E-state index contributed by atoms with van der Waals surface area (Å²) in [6.07, 6.45) is 0.918. The average molecular weight is 442 g/mol. The first kappa shape index (κ1) is 21.1. The lowest BCUT2D eigenvalue weighted by Crippen LogP contribution is -2.38. The van der Waals surface area contributed by atoms with Gasteiger partial charge in [0.05, 0.1) is 24.3 Å². The predicted molar refractivity (Wildman–Crippen MR) is 122 cm³/mol. The fourth-order valence-electron chi connectivity index (χ4n) is 3.44. The maximum absolute atomic E-state index is 13.0. The molecule has 0 unspecified atom stereocenters. The van der Waals surface area contributed by atoms with Crippen molar-refractivity contribution in [3.63, 3.8) is 0 Å². The van der Waals surface area contributed by atoms with E-state index in [1.54, 1.807) is 0 Å². The number of halogens is 1. The standard InChI is InChI=1S/C23H24ClN3O2S/c24-17-6-8-18(9-7-17)30-22-16-20(19-4-1-2-5-21(19)26-22)23(28)25-10-3-11-27-12-14-29-15-13-27/h1-2,4-9,16H,3,10-15H2,(H,25,28). The van der Waals surface area contributed by atoms with Crippen LogP contribution in [0.2, 0.25) is 5.02 Å². The maximum Gasteiger partial charge on any atom is 0.252 e. The summed E-state index contributed by atoms with van der Waals surface area (Å²) in [6.45, 7) is 5.14. The van der Waals surface area contributed by atoms with Crippen molar-refractivity contribution >= 4 is 40.2 Å². The van der Waals surface area contributed by atoms with E-state index in [1.165, 1.54) is 11.8 Å². The number of carbonyl (C=O) groups is 1. The Balaban J connectivity index is 1.45. The molecule has 1 amide bonds. The predicted octanol–water partition coefficient (Wildman–Crippen LogP) is 4.49. The summed E-state index contributed by atoms with van der Waals surface area (Å²) < 4.78 is 5.38. The normalized spacial score (nSPS) is 14.7. The molecule has 1 aliphatic rings. The zero-order chi connectivity index (χ0) is 20.8. The maximum atomic E-state index is 13.0. The summed E-state index contributed by atoms with van der Waals surface area (Å²) in [6, 6.07) is 17.3. The molecule has 0 spiro atoms. The number of hydrogen-bond donors (Lipinski definition) is 1. The van der Waals surface area contributed by atoms with Gasteiger partial charge in [-0.05, 0) is 49.4 Å². The van der Waals surface area contributed by atoms with Crippen LogP contribution < -0.4 is 5.32 Å². The van der Waals surface area contributed by atoms with Crippen LogP contribution >= 0.6 is 23.4 Å². The quantitative estimate of drug-likeness (QED) is 0.547. The minimum atomic E-state index is -0.0615. The van der Waals surface area contributed by atoms with Gasteiger partial charge in [-0.15, -0.1) is 0 Å². The third kappa shape index (κ3) is 5.52. The number of nitrogens with zero attached hydrogens (tertiary/aromatic N) is 2. The highest BCUT2D eigenvalue weighted by atomic mass is 35.5. The number of rotatable bonds is 7. The van der Waals surface area contributed by atoms with Gasteiger partial charge in [0.1, 0.15) is 5.03 Å². The van der Waals surface area contributed by atoms with E-state index in [9.17, 15) is 4.79 Å². The summed E-state index contributed by atoms with van der Waals surface area (Å²) in [7, 11) is 0. The summed E-state index contributed by atoms with van der Waals surface area (Å²) in [5.74, 6) is -0.0615. The van der Waals surface area contributed by atoms with Crippen molar-refractivity contribution in [3.05, 3.63) is 65.2 Å². The van der Waals surface area contributed by atoms with E-state index >= 15 is 0 Å². The Hall–Kier alpha value is -2.12. The Morgan fingerprint density at radius 1 is 1.13 bits per heavy atom. The lowest BCUT2D eigenvalue weighted by atomic mass is 10.1. The van der Waals surface area contributed by atoms with Gasteiger partial charge < -0.3 is 10.1 Å². The second kappa shape index (κ2) is 10.3. The second-order valence-corrected chi connectivity index (χ2v) is 8.67. The number of benzene rings is 2. The molecule has 1 fully saturated rings. The van der Waals surface area contributed by atoms with Gasteiger partial charge in [-0.25, -0.2) is 4.98 Å². The molecule has 3 aromatic rings. The molecule has 0 atom stereocenters. The topological polar surface area (TPSA) is 54.5 Å². The molecular weight excluding hydrogens is 418 g/mol. The molecule has 0 saturated carbocycles. The van der Waals surface area contributed by atoms with E-state index < -0.39 is 0 Å². The van der Waals surface area contributed by atoms with Gasteiger partial charge >= 0.3 is 0 Å². The Kier molecular flexibility index (Phi) is 7.23. The van der Waals surface area contributed by atoms with Crippen LogP contribution in [0.1, 0.15) is 16.8 Å². The lowest BCUT2D eigenvalue weighted by molar-refractivity contribution is 0.0374. The highest BCUT2D eigenvalue weighted by Gasteiger charge is 2.14. The van der Waals surface area contributed by atoms with Crippen molar-refractivity contribution in [1.29, 1.82) is 0 Å². The smallest absolute Gasteiger partial charge is 0.252 e. The summed E-state index contributed by atoms with van der Waals surface area (Å²) in [5, 5.41) is 5.43. The third-order valence-corrected chi connectivity index (χ3v) is 6.19. The van der Waals surface area contributed by atoms with Gasteiger partial charge in [-0.1, -0.05) is 41.6 Å². The molecular formula is C23H24ClN3O2S. The molecule has 30 heavy (non-hydrogen) atoms. The molecule has 5 nitrogen and oxygen atoms in total. The first-order valence-electron chi connectivity index (χ1n) is 10.1. The summed E-state index contributed by atoms with van der Waals surface area (Å²) in [5.41, 5.74) is 1.47. The minimum absolute atomic E-state index is 0.0615. The molecule has 1 aliphatic heterocycles. The van der Waals surface area contributed by atoms with Crippen molar-refractivity contribution < 1.29 is 9.53 Å². The number of para-hydroxylation sites is 1. The fraction of sp³-hybridized carbons (Fsp3) is 0.304. The van der Waals surface area contributed by atoms with Crippen LogP contribution in [-0.4, -0.2) is 55.2 Å². The van der Waals surface area contributed by atoms with Gasteiger partial charge in [0.15, 0.2) is 0 Å². The average Bonchev–Trinajstić information content (AvgIpc) is 2.78. The molecule has 4 rings (SSSR count). The highest BCUT2D eigenvalue weighted by molar-refractivity contribution is 7.99. The zero-order valence-electron chi connectivity index (χ0n) is 16.6. The van der Waals surface area contributed by atoms with E-state index in [-0.39, 0.29) is 5.91 Å². The van der Waals surface area contributed by atoms with E-state index in [1.807, 2.05) is 54.6 Å². The fourth-order valence-corrected chi connectivity index (χ4v) is 4.40. The molecule has 0 radical (unpaired) electrons. The number of hydrogen-bond acceptors (Lipinski definition) is 5. The Labute approximate surface area is 185 Å². The molecule has 156 valence electrons. The van der Waals surface area contributed by atoms with Crippen molar-refractivity contribution in [2.24, 2.45) is 0 Å². The van der Waals surface area contributed by atoms with Crippen LogP contribution in [0.3, 0.4) is 0 Å². The highest BCUT2D eigenvalue weighted by Crippen LogP contribution is 2.30. The number of fused-ring (bicyclic) bond motifs is 1. The summed E-state index contributed by atoms with van der Waals surface area (Å²) >= 11 is 7.50. The van der Waals surface area contributed by atoms with Gasteiger partial charge in [0, 0.05) is 34.9 Å². The first-order chi connectivity index (χ1) is 14.7. The van der Waals surface area contributed by atoms with Crippen LogP contribution in [0.4, 0.5) is 0 Å². The van der Waals surface area contributed by atoms with E-state index in [0.29, 0.717) is 17.1 Å². The molecule has 7 heteroatoms. The van der Waals surface area contributed by atoms with Crippen LogP contribution in [0.15, 0.2) is 64.5 Å². The monoisotopic (exact) mass is 441 g/mol. The van der Waals surface area contributed by atoms with Crippen LogP contribution in [-0.2, 0) is 4.74 Å². The van der Waals surface area contributed by atoms with E-state index in [0.717, 1.165) is 60.1 Å². The number of carbonyl (C=O) groups excluding carboxylic acids is 1. The Bertz CT molecular complexity index is 1010. The number of morpholine rings is 1. The van der Waals surface area contributed by atoms with Crippen molar-refractivity contribution in [1.82, 2.24) is 15.2 Å². The Morgan fingerprint density at radius 3 is 2.70 bits per heavy atom. The largest absolute Gasteiger partial charge is 0.379 e. The number of ether oxygens (including phenoxy) is 1. The number of pyridine rings is 1. The molecule has 1 saturated heterocycles. The van der Waals surface area contributed by atoms with Crippen molar-refractivity contribution in [3.8, 4) is 0 Å². The second-order valence-electron chi connectivity index (χ2n) is 7.14. The van der Waals surface area contributed by atoms with Gasteiger partial charge in [-0.3, -0.25) is 9.69 Å². The molecule has 1 aromatic heterocycles. The van der Waals surface area contributed by atoms with E-state index in [2.05, 4.69) is 10.2 Å². The van der Waals surface area contributed by atoms with Crippen molar-refractivity contribution in [2.45, 2.75) is 16.3 Å². The van der Waals surface area contributed by atoms with Gasteiger partial charge in [-0.2, -0.15) is 0 Å². The lowest BCUT2D eigenvalue weighted by Gasteiger charge is -2.26. The first-order valence-corrected chi connectivity index (χ1v) is 11.3. The SMILES string of the molecule is O=C(NCCCN1CCOCC1)c1cc(Sc2ccc(Cl)cc2)nc2ccccc12. The molecule has 0 bridgehead atoms. The molecule has 2 aromatic carbocycles. The number of amides is 1. The van der Waals surface area contributed by atoms with Gasteiger partial charge in [0.2, 0.25) is 0 Å². The van der Waals surface area contributed by atoms with Crippen LogP contribution in [0.25, 0.3) is 10.9 Å². The molecule has 0 aliphatic carbocycles. The minimum Gasteiger partial charge on any atom is -0.379 e. The molecule has 2 heterocycles. The molecule has 1 N–H and O–H groups in total. The van der Waals surface area contributed by atoms with Crippen LogP contribution in [0.5, 0.6) is 0 Å². The third-order valence-electron chi connectivity index (χ3n) is 5.01. The van der Waals surface area contributed by atoms with Crippen molar-refractivity contribution in [2.75, 3.05) is 39.4 Å². The van der Waals surface area contributed by atoms with Crippen LogP contribution in [0, 0.1) is 0 Å². The number of aromatic nitrogens is 1. The summed E-state index contributed by atoms with van der Waals surface area (Å²) in [4.78, 5) is 21.1.